The molecule has 0 spiro atoms. The van der Waals surface area contributed by atoms with Crippen LogP contribution in [0.15, 0.2) is 83.9 Å². The minimum Gasteiger partial charge on any atom is -0.252 e. The summed E-state index contributed by atoms with van der Waals surface area (Å²) >= 11 is 0. The fourth-order valence-corrected chi connectivity index (χ4v) is 2.90. The van der Waals surface area contributed by atoms with Gasteiger partial charge in [-0.05, 0) is 22.8 Å². The Labute approximate surface area is 124 Å². The zero-order chi connectivity index (χ0) is 14.1. The second-order valence-electron chi connectivity index (χ2n) is 5.28. The van der Waals surface area contributed by atoms with Crippen molar-refractivity contribution in [1.29, 1.82) is 0 Å². The van der Waals surface area contributed by atoms with E-state index in [-0.39, 0.29) is 0 Å². The van der Waals surface area contributed by atoms with Crippen LogP contribution in [0.5, 0.6) is 0 Å². The Hall–Kier alpha value is -2.67. The monoisotopic (exact) mass is 269 g/mol. The Bertz CT molecular complexity index is 816. The number of nitrogens with zero attached hydrogens (tertiary/aromatic N) is 1. The summed E-state index contributed by atoms with van der Waals surface area (Å²) in [5, 5.41) is 0. The molecule has 0 radical (unpaired) electrons. The Kier molecular flexibility index (Phi) is 2.89. The van der Waals surface area contributed by atoms with Crippen LogP contribution in [0, 0.1) is 0 Å². The van der Waals surface area contributed by atoms with Crippen molar-refractivity contribution in [1.82, 2.24) is 0 Å². The van der Waals surface area contributed by atoms with Crippen LogP contribution in [-0.2, 0) is 6.42 Å². The van der Waals surface area contributed by atoms with Gasteiger partial charge in [0, 0.05) is 12.0 Å². The molecule has 4 rings (SSSR count). The first-order valence-corrected chi connectivity index (χ1v) is 7.22. The van der Waals surface area contributed by atoms with Crippen molar-refractivity contribution in [3.8, 4) is 11.1 Å². The average Bonchev–Trinajstić information content (AvgIpc) is 2.72. The van der Waals surface area contributed by atoms with E-state index in [0.717, 1.165) is 17.8 Å². The second-order valence-corrected chi connectivity index (χ2v) is 5.28. The minimum absolute atomic E-state index is 0.870. The van der Waals surface area contributed by atoms with Gasteiger partial charge >= 0.3 is 0 Å². The lowest BCUT2D eigenvalue weighted by Crippen LogP contribution is -2.04. The predicted molar refractivity (Wildman–Crippen MR) is 88.2 cm³/mol. The van der Waals surface area contributed by atoms with E-state index in [4.69, 9.17) is 4.99 Å². The molecule has 0 unspecified atom stereocenters. The average molecular weight is 269 g/mol. The Morgan fingerprint density at radius 1 is 0.619 bits per heavy atom. The molecule has 3 aromatic rings. The molecule has 1 aliphatic heterocycles. The third-order valence-corrected chi connectivity index (χ3v) is 3.93. The molecule has 1 heteroatoms. The van der Waals surface area contributed by atoms with Gasteiger partial charge in [0.1, 0.15) is 0 Å². The number of para-hydroxylation sites is 1. The van der Waals surface area contributed by atoms with Gasteiger partial charge in [-0.15, -0.1) is 0 Å². The van der Waals surface area contributed by atoms with Crippen LogP contribution < -0.4 is 0 Å². The molecule has 0 aromatic heterocycles. The van der Waals surface area contributed by atoms with E-state index < -0.39 is 0 Å². The smallest absolute Gasteiger partial charge is 0.0711 e. The Morgan fingerprint density at radius 2 is 1.29 bits per heavy atom. The van der Waals surface area contributed by atoms with Gasteiger partial charge in [0.2, 0.25) is 0 Å². The zero-order valence-corrected chi connectivity index (χ0v) is 11.7. The third kappa shape index (κ3) is 2.17. The molecule has 0 saturated carbocycles. The molecule has 0 amide bonds. The maximum atomic E-state index is 4.94. The number of fused-ring (bicyclic) bond motifs is 3. The summed E-state index contributed by atoms with van der Waals surface area (Å²) in [7, 11) is 0. The Morgan fingerprint density at radius 3 is 2.14 bits per heavy atom. The van der Waals surface area contributed by atoms with Crippen LogP contribution >= 0.6 is 0 Å². The molecule has 0 N–H and O–H groups in total. The lowest BCUT2D eigenvalue weighted by molar-refractivity contribution is 1.32. The summed E-state index contributed by atoms with van der Waals surface area (Å²) in [4.78, 5) is 4.94. The predicted octanol–water partition coefficient (Wildman–Crippen LogP) is 5.03. The summed E-state index contributed by atoms with van der Waals surface area (Å²) in [6.07, 6.45) is 0.870. The highest BCUT2D eigenvalue weighted by Crippen LogP contribution is 2.36. The van der Waals surface area contributed by atoms with Gasteiger partial charge in [-0.3, -0.25) is 4.99 Å². The van der Waals surface area contributed by atoms with E-state index in [0.29, 0.717) is 0 Å². The molecule has 21 heavy (non-hydrogen) atoms. The highest BCUT2D eigenvalue weighted by molar-refractivity contribution is 6.06. The minimum atomic E-state index is 0.870. The summed E-state index contributed by atoms with van der Waals surface area (Å²) < 4.78 is 0. The molecular formula is C20H15N. The van der Waals surface area contributed by atoms with Gasteiger partial charge in [-0.1, -0.05) is 72.8 Å². The van der Waals surface area contributed by atoms with Gasteiger partial charge < -0.3 is 0 Å². The van der Waals surface area contributed by atoms with Crippen molar-refractivity contribution in [3.63, 3.8) is 0 Å². The third-order valence-electron chi connectivity index (χ3n) is 3.93. The molecule has 0 fully saturated rings. The van der Waals surface area contributed by atoms with Gasteiger partial charge in [-0.25, -0.2) is 0 Å². The highest BCUT2D eigenvalue weighted by Gasteiger charge is 2.16. The molecule has 0 aliphatic carbocycles. The highest BCUT2D eigenvalue weighted by atomic mass is 14.8. The molecule has 3 aromatic carbocycles. The summed E-state index contributed by atoms with van der Waals surface area (Å²) in [5.74, 6) is 0. The first-order valence-electron chi connectivity index (χ1n) is 7.22. The number of aliphatic imine (C=N–C) groups is 1. The molecule has 1 nitrogen and oxygen atoms in total. The Balaban J connectivity index is 1.96. The fraction of sp³-hybridized carbons (Fsp3) is 0.0500. The molecule has 100 valence electrons. The van der Waals surface area contributed by atoms with E-state index in [1.807, 2.05) is 6.07 Å². The molecule has 1 heterocycles. The van der Waals surface area contributed by atoms with E-state index in [1.165, 1.54) is 22.3 Å². The number of benzene rings is 3. The lowest BCUT2D eigenvalue weighted by Gasteiger charge is -2.07. The quantitative estimate of drug-likeness (QED) is 0.587. The molecule has 0 saturated heterocycles. The van der Waals surface area contributed by atoms with Crippen molar-refractivity contribution < 1.29 is 0 Å². The first kappa shape index (κ1) is 12.1. The van der Waals surface area contributed by atoms with Crippen LogP contribution in [0.4, 0.5) is 5.69 Å². The maximum absolute atomic E-state index is 4.94. The normalized spacial score (nSPS) is 12.9. The second kappa shape index (κ2) is 5.02. The summed E-state index contributed by atoms with van der Waals surface area (Å²) in [6, 6.07) is 27.4. The van der Waals surface area contributed by atoms with E-state index in [1.54, 1.807) is 0 Å². The van der Waals surface area contributed by atoms with Gasteiger partial charge in [-0.2, -0.15) is 0 Å². The lowest BCUT2D eigenvalue weighted by atomic mass is 9.95. The van der Waals surface area contributed by atoms with Gasteiger partial charge in [0.25, 0.3) is 0 Å². The van der Waals surface area contributed by atoms with E-state index >= 15 is 0 Å². The first-order chi connectivity index (χ1) is 10.4. The van der Waals surface area contributed by atoms with Gasteiger partial charge in [0.05, 0.1) is 11.4 Å². The number of hydrogen-bond acceptors (Lipinski definition) is 1. The van der Waals surface area contributed by atoms with Crippen LogP contribution in [-0.4, -0.2) is 5.71 Å². The molecular weight excluding hydrogens is 254 g/mol. The maximum Gasteiger partial charge on any atom is 0.0711 e. The fourth-order valence-electron chi connectivity index (χ4n) is 2.90. The van der Waals surface area contributed by atoms with Crippen molar-refractivity contribution in [2.75, 3.05) is 0 Å². The topological polar surface area (TPSA) is 12.4 Å². The number of hydrogen-bond donors (Lipinski definition) is 0. The standard InChI is InChI=1S/C20H15N/c1-2-8-15(9-3-1)20-14-16-10-4-5-11-17(16)18-12-6-7-13-19(18)21-20/h1-13H,14H2. The SMILES string of the molecule is c1ccc(C2=Nc3ccccc3-c3ccccc3C2)cc1. The summed E-state index contributed by atoms with van der Waals surface area (Å²) in [6.45, 7) is 0. The summed E-state index contributed by atoms with van der Waals surface area (Å²) in [5.41, 5.74) is 7.24. The molecule has 1 aliphatic rings. The van der Waals surface area contributed by atoms with Crippen LogP contribution in [0.1, 0.15) is 11.1 Å². The van der Waals surface area contributed by atoms with Crippen LogP contribution in [0.25, 0.3) is 11.1 Å². The van der Waals surface area contributed by atoms with E-state index in [2.05, 4.69) is 72.8 Å². The van der Waals surface area contributed by atoms with Crippen molar-refractivity contribution in [2.45, 2.75) is 6.42 Å². The van der Waals surface area contributed by atoms with Gasteiger partial charge in [0.15, 0.2) is 0 Å². The molecule has 0 atom stereocenters. The number of rotatable bonds is 1. The van der Waals surface area contributed by atoms with Crippen molar-refractivity contribution in [3.05, 3.63) is 90.0 Å². The molecule has 0 bridgehead atoms. The van der Waals surface area contributed by atoms with E-state index in [9.17, 15) is 0 Å². The van der Waals surface area contributed by atoms with Crippen LogP contribution in [0.2, 0.25) is 0 Å². The van der Waals surface area contributed by atoms with Crippen LogP contribution in [0.3, 0.4) is 0 Å². The van der Waals surface area contributed by atoms with Crippen molar-refractivity contribution >= 4 is 11.4 Å². The van der Waals surface area contributed by atoms with Crippen molar-refractivity contribution in [2.24, 2.45) is 4.99 Å². The zero-order valence-electron chi connectivity index (χ0n) is 11.7. The largest absolute Gasteiger partial charge is 0.252 e.